The molecule has 6 nitrogen and oxygen atoms in total. The molecule has 0 saturated carbocycles. The molecule has 1 amide bonds. The number of rotatable bonds is 4. The minimum atomic E-state index is -0.417. The highest BCUT2D eigenvalue weighted by atomic mass is 32.2. The number of nitrogens with two attached hydrogens (primary N) is 2. The number of ether oxygens (including phenoxy) is 1. The molecular weight excluding hydrogens is 252 g/mol. The Morgan fingerprint density at radius 3 is 3.06 bits per heavy atom. The van der Waals surface area contributed by atoms with Gasteiger partial charge in [0.1, 0.15) is 6.10 Å². The van der Waals surface area contributed by atoms with Crippen LogP contribution >= 0.6 is 11.8 Å². The average Bonchev–Trinajstić information content (AvgIpc) is 2.86. The largest absolute Gasteiger partial charge is 0.397 e. The Kier molecular flexibility index (Phi) is 4.40. The van der Waals surface area contributed by atoms with Gasteiger partial charge in [-0.2, -0.15) is 0 Å². The first kappa shape index (κ1) is 13.1. The Labute approximate surface area is 109 Å². The summed E-state index contributed by atoms with van der Waals surface area (Å²) in [5.74, 6) is 5.58. The number of carbonyl (C=O) groups is 1. The Hall–Kier alpha value is -1.31. The monoisotopic (exact) mass is 268 g/mol. The van der Waals surface area contributed by atoms with Crippen molar-refractivity contribution in [2.24, 2.45) is 5.84 Å². The number of aromatic nitrogens is 1. The van der Waals surface area contributed by atoms with Crippen LogP contribution in [-0.2, 0) is 9.53 Å². The van der Waals surface area contributed by atoms with Gasteiger partial charge in [-0.25, -0.2) is 10.8 Å². The van der Waals surface area contributed by atoms with E-state index in [9.17, 15) is 4.79 Å². The molecule has 5 N–H and O–H groups in total. The number of anilines is 1. The normalized spacial score (nSPS) is 22.9. The quantitative estimate of drug-likeness (QED) is 0.314. The lowest BCUT2D eigenvalue weighted by atomic mass is 10.2. The molecule has 0 aromatic carbocycles. The summed E-state index contributed by atoms with van der Waals surface area (Å²) in [6.07, 6.45) is 2.85. The van der Waals surface area contributed by atoms with Crippen LogP contribution in [0.5, 0.6) is 0 Å². The second-order valence-electron chi connectivity index (χ2n) is 4.07. The van der Waals surface area contributed by atoms with Crippen LogP contribution in [0, 0.1) is 0 Å². The van der Waals surface area contributed by atoms with Crippen LogP contribution in [0.25, 0.3) is 0 Å². The van der Waals surface area contributed by atoms with Crippen LogP contribution in [0.2, 0.25) is 0 Å². The van der Waals surface area contributed by atoms with E-state index in [0.717, 1.165) is 17.2 Å². The van der Waals surface area contributed by atoms with Crippen LogP contribution in [-0.4, -0.2) is 28.9 Å². The van der Waals surface area contributed by atoms with E-state index in [2.05, 4.69) is 10.4 Å². The van der Waals surface area contributed by atoms with Crippen molar-refractivity contribution in [2.75, 3.05) is 11.5 Å². The van der Waals surface area contributed by atoms with Crippen molar-refractivity contribution in [1.29, 1.82) is 0 Å². The summed E-state index contributed by atoms with van der Waals surface area (Å²) in [6.45, 7) is 0. The highest BCUT2D eigenvalue weighted by Crippen LogP contribution is 2.26. The fourth-order valence-electron chi connectivity index (χ4n) is 1.77. The van der Waals surface area contributed by atoms with E-state index < -0.39 is 6.10 Å². The number of pyridine rings is 1. The van der Waals surface area contributed by atoms with Crippen LogP contribution < -0.4 is 17.0 Å². The predicted octanol–water partition coefficient (Wildman–Crippen LogP) is 0.293. The van der Waals surface area contributed by atoms with Crippen molar-refractivity contribution in [3.63, 3.8) is 0 Å². The predicted molar refractivity (Wildman–Crippen MR) is 69.6 cm³/mol. The molecule has 0 aliphatic carbocycles. The molecule has 1 aliphatic heterocycles. The summed E-state index contributed by atoms with van der Waals surface area (Å²) in [5.41, 5.74) is 8.32. The lowest BCUT2D eigenvalue weighted by molar-refractivity contribution is -0.131. The molecule has 1 aromatic heterocycles. The van der Waals surface area contributed by atoms with Gasteiger partial charge in [-0.15, -0.1) is 11.8 Å². The Balaban J connectivity index is 1.78. The van der Waals surface area contributed by atoms with Gasteiger partial charge in [0.2, 0.25) is 0 Å². The molecule has 2 unspecified atom stereocenters. The SMILES string of the molecule is NNC(=O)C1CCC(CSc2ccc(N)cn2)O1. The number of carbonyl (C=O) groups excluding carboxylic acids is 1. The standard InChI is InChI=1S/C11H16N4O2S/c12-7-1-4-10(14-5-7)18-6-8-2-3-9(17-8)11(16)15-13/h1,4-5,8-9H,2-3,6,12-13H2,(H,15,16). The average molecular weight is 268 g/mol. The maximum atomic E-state index is 11.3. The van der Waals surface area contributed by atoms with Gasteiger partial charge in [0, 0.05) is 5.75 Å². The first-order valence-corrected chi connectivity index (χ1v) is 6.68. The summed E-state index contributed by atoms with van der Waals surface area (Å²) in [7, 11) is 0. The van der Waals surface area contributed by atoms with E-state index in [4.69, 9.17) is 16.3 Å². The minimum Gasteiger partial charge on any atom is -0.397 e. The molecule has 1 aromatic rings. The number of amides is 1. The summed E-state index contributed by atoms with van der Waals surface area (Å²) < 4.78 is 5.59. The van der Waals surface area contributed by atoms with Gasteiger partial charge in [0.05, 0.1) is 23.0 Å². The zero-order chi connectivity index (χ0) is 13.0. The van der Waals surface area contributed by atoms with E-state index in [1.165, 1.54) is 0 Å². The first-order valence-electron chi connectivity index (χ1n) is 5.69. The van der Waals surface area contributed by atoms with Gasteiger partial charge in [-0.1, -0.05) is 0 Å². The molecule has 1 aliphatic rings. The summed E-state index contributed by atoms with van der Waals surface area (Å²) in [5, 5.41) is 0.902. The van der Waals surface area contributed by atoms with Gasteiger partial charge < -0.3 is 10.5 Å². The van der Waals surface area contributed by atoms with Gasteiger partial charge in [-0.05, 0) is 25.0 Å². The molecule has 18 heavy (non-hydrogen) atoms. The zero-order valence-corrected chi connectivity index (χ0v) is 10.7. The van der Waals surface area contributed by atoms with Crippen LogP contribution in [0.15, 0.2) is 23.4 Å². The molecular formula is C11H16N4O2S. The van der Waals surface area contributed by atoms with Gasteiger partial charge >= 0.3 is 0 Å². The van der Waals surface area contributed by atoms with Crippen molar-refractivity contribution in [1.82, 2.24) is 10.4 Å². The zero-order valence-electron chi connectivity index (χ0n) is 9.83. The third-order valence-corrected chi connectivity index (χ3v) is 3.79. The summed E-state index contributed by atoms with van der Waals surface area (Å²) in [6, 6.07) is 3.69. The lowest BCUT2D eigenvalue weighted by Crippen LogP contribution is -2.39. The Bertz CT molecular complexity index is 412. The Morgan fingerprint density at radius 2 is 2.39 bits per heavy atom. The van der Waals surface area contributed by atoms with Gasteiger partial charge in [0.15, 0.2) is 0 Å². The van der Waals surface area contributed by atoms with Crippen LogP contribution in [0.3, 0.4) is 0 Å². The van der Waals surface area contributed by atoms with E-state index in [0.29, 0.717) is 12.1 Å². The summed E-state index contributed by atoms with van der Waals surface area (Å²) in [4.78, 5) is 15.5. The number of hydrogen-bond acceptors (Lipinski definition) is 6. The van der Waals surface area contributed by atoms with E-state index in [1.807, 2.05) is 12.1 Å². The van der Waals surface area contributed by atoms with Crippen LogP contribution in [0.4, 0.5) is 5.69 Å². The molecule has 0 bridgehead atoms. The molecule has 1 fully saturated rings. The third kappa shape index (κ3) is 3.34. The number of nitrogens with zero attached hydrogens (tertiary/aromatic N) is 1. The second-order valence-corrected chi connectivity index (χ2v) is 5.11. The first-order chi connectivity index (χ1) is 8.69. The number of nitrogens with one attached hydrogen (secondary N) is 1. The minimum absolute atomic E-state index is 0.0663. The number of hydrogen-bond donors (Lipinski definition) is 3. The van der Waals surface area contributed by atoms with E-state index in [-0.39, 0.29) is 12.0 Å². The smallest absolute Gasteiger partial charge is 0.263 e. The van der Waals surface area contributed by atoms with Gasteiger partial charge in [0.25, 0.3) is 5.91 Å². The molecule has 0 radical (unpaired) electrons. The van der Waals surface area contributed by atoms with E-state index >= 15 is 0 Å². The van der Waals surface area contributed by atoms with Crippen LogP contribution in [0.1, 0.15) is 12.8 Å². The third-order valence-electron chi connectivity index (χ3n) is 2.72. The lowest BCUT2D eigenvalue weighted by Gasteiger charge is -2.11. The second kappa shape index (κ2) is 6.03. The molecule has 2 rings (SSSR count). The fourth-order valence-corrected chi connectivity index (χ4v) is 2.66. The van der Waals surface area contributed by atoms with Crippen molar-refractivity contribution in [3.8, 4) is 0 Å². The maximum Gasteiger partial charge on any atom is 0.263 e. The van der Waals surface area contributed by atoms with E-state index in [1.54, 1.807) is 18.0 Å². The summed E-state index contributed by atoms with van der Waals surface area (Å²) >= 11 is 1.59. The van der Waals surface area contributed by atoms with Gasteiger partial charge in [-0.3, -0.25) is 10.2 Å². The molecule has 98 valence electrons. The molecule has 7 heteroatoms. The molecule has 2 atom stereocenters. The highest BCUT2D eigenvalue weighted by molar-refractivity contribution is 7.99. The maximum absolute atomic E-state index is 11.3. The highest BCUT2D eigenvalue weighted by Gasteiger charge is 2.30. The van der Waals surface area contributed by atoms with Crippen molar-refractivity contribution < 1.29 is 9.53 Å². The fraction of sp³-hybridized carbons (Fsp3) is 0.455. The Morgan fingerprint density at radius 1 is 1.56 bits per heavy atom. The van der Waals surface area contributed by atoms with Crippen molar-refractivity contribution in [2.45, 2.75) is 30.1 Å². The topological polar surface area (TPSA) is 103 Å². The number of hydrazine groups is 1. The molecule has 2 heterocycles. The van der Waals surface area contributed by atoms with Crippen molar-refractivity contribution in [3.05, 3.63) is 18.3 Å². The number of thioether (sulfide) groups is 1. The molecule has 0 spiro atoms. The number of nitrogen functional groups attached to an aromatic ring is 1. The molecule has 1 saturated heterocycles. The van der Waals surface area contributed by atoms with Crippen molar-refractivity contribution >= 4 is 23.4 Å².